The van der Waals surface area contributed by atoms with E-state index in [1.807, 2.05) is 0 Å². The maximum absolute atomic E-state index is 8.07. The van der Waals surface area contributed by atoms with Gasteiger partial charge in [0.15, 0.2) is 0 Å². The first-order valence-corrected chi connectivity index (χ1v) is 3.30. The van der Waals surface area contributed by atoms with Crippen LogP contribution in [-0.4, -0.2) is 4.98 Å². The summed E-state index contributed by atoms with van der Waals surface area (Å²) in [7, 11) is 0. The molecule has 0 fully saturated rings. The second-order valence-electron chi connectivity index (χ2n) is 1.51. The van der Waals surface area contributed by atoms with Crippen molar-refractivity contribution in [2.75, 3.05) is 0 Å². The third-order valence-electron chi connectivity index (χ3n) is 0.850. The Morgan fingerprint density at radius 3 is 2.90 bits per heavy atom. The molecule has 0 N–H and O–H groups in total. The number of ether oxygens (including phenoxy) is 1. The van der Waals surface area contributed by atoms with E-state index in [4.69, 9.17) is 5.26 Å². The number of pyridine rings is 1. The molecular formula is C6H3BrN2O. The summed E-state index contributed by atoms with van der Waals surface area (Å²) in [5, 5.41) is 8.07. The second-order valence-corrected chi connectivity index (χ2v) is 2.42. The van der Waals surface area contributed by atoms with Gasteiger partial charge in [0.2, 0.25) is 5.88 Å². The van der Waals surface area contributed by atoms with Crippen molar-refractivity contribution < 1.29 is 4.74 Å². The minimum atomic E-state index is 0.311. The lowest BCUT2D eigenvalue weighted by Gasteiger charge is -1.91. The summed E-state index contributed by atoms with van der Waals surface area (Å²) in [6.07, 6.45) is 3.09. The summed E-state index contributed by atoms with van der Waals surface area (Å²) in [5.41, 5.74) is 0. The van der Waals surface area contributed by atoms with E-state index >= 15 is 0 Å². The standard InChI is InChI=1S/C6H3BrN2O/c7-5-1-2-6(9-3-5)10-4-8/h1-3H. The van der Waals surface area contributed by atoms with Gasteiger partial charge in [-0.05, 0) is 22.0 Å². The molecule has 50 valence electrons. The molecule has 0 aliphatic rings. The average Bonchev–Trinajstić information content (AvgIpc) is 1.95. The highest BCUT2D eigenvalue weighted by Gasteiger charge is 1.91. The van der Waals surface area contributed by atoms with Gasteiger partial charge in [-0.2, -0.15) is 0 Å². The van der Waals surface area contributed by atoms with Gasteiger partial charge in [-0.3, -0.25) is 0 Å². The highest BCUT2D eigenvalue weighted by molar-refractivity contribution is 9.10. The number of nitrogens with zero attached hydrogens (tertiary/aromatic N) is 2. The van der Waals surface area contributed by atoms with Crippen molar-refractivity contribution in [2.45, 2.75) is 0 Å². The van der Waals surface area contributed by atoms with Crippen LogP contribution in [0.4, 0.5) is 0 Å². The minimum absolute atomic E-state index is 0.311. The predicted molar refractivity (Wildman–Crippen MR) is 38.2 cm³/mol. The number of hydrogen-bond donors (Lipinski definition) is 0. The molecule has 1 heterocycles. The Bertz CT molecular complexity index is 251. The van der Waals surface area contributed by atoms with E-state index in [1.165, 1.54) is 6.26 Å². The van der Waals surface area contributed by atoms with E-state index in [9.17, 15) is 0 Å². The number of rotatable bonds is 1. The van der Waals surface area contributed by atoms with E-state index in [0.717, 1.165) is 4.47 Å². The van der Waals surface area contributed by atoms with Gasteiger partial charge in [0.1, 0.15) is 0 Å². The van der Waals surface area contributed by atoms with Gasteiger partial charge in [0.05, 0.1) is 0 Å². The smallest absolute Gasteiger partial charge is 0.293 e. The molecule has 0 amide bonds. The normalized spacial score (nSPS) is 8.40. The molecule has 0 aliphatic carbocycles. The summed E-state index contributed by atoms with van der Waals surface area (Å²) in [4.78, 5) is 3.78. The average molecular weight is 199 g/mol. The van der Waals surface area contributed by atoms with E-state index in [-0.39, 0.29) is 0 Å². The van der Waals surface area contributed by atoms with Crippen LogP contribution in [0.15, 0.2) is 22.8 Å². The summed E-state index contributed by atoms with van der Waals surface area (Å²) >= 11 is 3.20. The van der Waals surface area contributed by atoms with Crippen LogP contribution in [0.25, 0.3) is 0 Å². The van der Waals surface area contributed by atoms with Crippen LogP contribution in [-0.2, 0) is 0 Å². The largest absolute Gasteiger partial charge is 0.367 e. The first kappa shape index (κ1) is 7.03. The van der Waals surface area contributed by atoms with Crippen LogP contribution < -0.4 is 4.74 Å². The number of halogens is 1. The zero-order valence-electron chi connectivity index (χ0n) is 4.91. The monoisotopic (exact) mass is 198 g/mol. The van der Waals surface area contributed by atoms with Crippen molar-refractivity contribution in [3.63, 3.8) is 0 Å². The SMILES string of the molecule is N#COc1ccc(Br)cn1. The van der Waals surface area contributed by atoms with Gasteiger partial charge in [-0.15, -0.1) is 5.26 Å². The fourth-order valence-electron chi connectivity index (χ4n) is 0.469. The lowest BCUT2D eigenvalue weighted by atomic mass is 10.5. The van der Waals surface area contributed by atoms with Crippen molar-refractivity contribution >= 4 is 15.9 Å². The van der Waals surface area contributed by atoms with Gasteiger partial charge in [-0.1, -0.05) is 0 Å². The Labute approximate surface area is 66.4 Å². The van der Waals surface area contributed by atoms with Gasteiger partial charge in [0.25, 0.3) is 6.26 Å². The topological polar surface area (TPSA) is 45.9 Å². The van der Waals surface area contributed by atoms with Crippen molar-refractivity contribution in [1.82, 2.24) is 4.98 Å². The lowest BCUT2D eigenvalue weighted by molar-refractivity contribution is 0.486. The van der Waals surface area contributed by atoms with E-state index in [1.54, 1.807) is 18.3 Å². The Hall–Kier alpha value is -1.08. The molecule has 1 rings (SSSR count). The molecule has 0 aromatic carbocycles. The Kier molecular flexibility index (Phi) is 2.24. The molecule has 0 spiro atoms. The van der Waals surface area contributed by atoms with Crippen molar-refractivity contribution in [1.29, 1.82) is 5.26 Å². The third-order valence-corrected chi connectivity index (χ3v) is 1.32. The molecule has 0 atom stereocenters. The maximum Gasteiger partial charge on any atom is 0.293 e. The Balaban J connectivity index is 2.81. The van der Waals surface area contributed by atoms with Crippen molar-refractivity contribution in [3.05, 3.63) is 22.8 Å². The van der Waals surface area contributed by atoms with E-state index < -0.39 is 0 Å². The summed E-state index contributed by atoms with van der Waals surface area (Å²) < 4.78 is 5.29. The Morgan fingerprint density at radius 2 is 2.40 bits per heavy atom. The number of nitriles is 1. The molecule has 0 saturated carbocycles. The van der Waals surface area contributed by atoms with E-state index in [2.05, 4.69) is 25.7 Å². The second kappa shape index (κ2) is 3.18. The highest BCUT2D eigenvalue weighted by Crippen LogP contribution is 2.11. The molecule has 0 aliphatic heterocycles. The minimum Gasteiger partial charge on any atom is -0.367 e. The summed E-state index contributed by atoms with van der Waals surface area (Å²) in [5.74, 6) is 0.311. The van der Waals surface area contributed by atoms with Crippen molar-refractivity contribution in [3.8, 4) is 12.1 Å². The molecule has 4 heteroatoms. The van der Waals surface area contributed by atoms with E-state index in [0.29, 0.717) is 5.88 Å². The van der Waals surface area contributed by atoms with Crippen molar-refractivity contribution in [2.24, 2.45) is 0 Å². The van der Waals surface area contributed by atoms with Gasteiger partial charge < -0.3 is 4.74 Å². The quantitative estimate of drug-likeness (QED) is 0.646. The lowest BCUT2D eigenvalue weighted by Crippen LogP contribution is -1.84. The molecule has 0 saturated heterocycles. The molecule has 10 heavy (non-hydrogen) atoms. The zero-order valence-corrected chi connectivity index (χ0v) is 6.50. The van der Waals surface area contributed by atoms with Crippen LogP contribution in [0.3, 0.4) is 0 Å². The summed E-state index contributed by atoms with van der Waals surface area (Å²) in [6.45, 7) is 0. The first-order chi connectivity index (χ1) is 4.83. The molecule has 0 bridgehead atoms. The zero-order chi connectivity index (χ0) is 7.40. The molecule has 1 aromatic rings. The maximum atomic E-state index is 8.07. The van der Waals surface area contributed by atoms with Crippen LogP contribution >= 0.6 is 15.9 Å². The van der Waals surface area contributed by atoms with Crippen LogP contribution in [0.5, 0.6) is 5.88 Å². The molecule has 3 nitrogen and oxygen atoms in total. The van der Waals surface area contributed by atoms with Crippen LogP contribution in [0.2, 0.25) is 0 Å². The highest BCUT2D eigenvalue weighted by atomic mass is 79.9. The van der Waals surface area contributed by atoms with Gasteiger partial charge in [-0.25, -0.2) is 4.98 Å². The van der Waals surface area contributed by atoms with Crippen LogP contribution in [0.1, 0.15) is 0 Å². The first-order valence-electron chi connectivity index (χ1n) is 2.50. The molecular weight excluding hydrogens is 196 g/mol. The number of aromatic nitrogens is 1. The molecule has 1 aromatic heterocycles. The third kappa shape index (κ3) is 1.71. The fraction of sp³-hybridized carbons (Fsp3) is 0. The van der Waals surface area contributed by atoms with Crippen LogP contribution in [0, 0.1) is 11.5 Å². The Morgan fingerprint density at radius 1 is 1.60 bits per heavy atom. The number of hydrogen-bond acceptors (Lipinski definition) is 3. The fourth-order valence-corrected chi connectivity index (χ4v) is 0.704. The molecule has 0 unspecified atom stereocenters. The predicted octanol–water partition coefficient (Wildman–Crippen LogP) is 1.70. The molecule has 0 radical (unpaired) electrons. The van der Waals surface area contributed by atoms with Gasteiger partial charge >= 0.3 is 0 Å². The summed E-state index contributed by atoms with van der Waals surface area (Å²) in [6, 6.07) is 3.35. The van der Waals surface area contributed by atoms with Gasteiger partial charge in [0, 0.05) is 16.7 Å².